The van der Waals surface area contributed by atoms with Crippen molar-refractivity contribution in [3.63, 3.8) is 0 Å². The van der Waals surface area contributed by atoms with E-state index in [1.807, 2.05) is 13.0 Å². The molecule has 0 saturated carbocycles. The van der Waals surface area contributed by atoms with Crippen LogP contribution in [0.2, 0.25) is 0 Å². The third-order valence-electron chi connectivity index (χ3n) is 2.37. The molecule has 0 heterocycles. The highest BCUT2D eigenvalue weighted by molar-refractivity contribution is 9.10. The molecule has 0 bridgehead atoms. The van der Waals surface area contributed by atoms with Gasteiger partial charge in [0.15, 0.2) is 11.5 Å². The van der Waals surface area contributed by atoms with Crippen LogP contribution in [0.15, 0.2) is 10.5 Å². The number of hydrogen-bond acceptors (Lipinski definition) is 4. The molecule has 0 saturated heterocycles. The first kappa shape index (κ1) is 13.3. The van der Waals surface area contributed by atoms with Crippen molar-refractivity contribution < 1.29 is 14.3 Å². The van der Waals surface area contributed by atoms with Crippen LogP contribution in [0.3, 0.4) is 0 Å². The topological polar surface area (TPSA) is 39.7 Å². The number of hydroxylamine groups is 1. The molecule has 1 rings (SSSR count). The van der Waals surface area contributed by atoms with Gasteiger partial charge in [0, 0.05) is 6.54 Å². The molecule has 0 atom stereocenters. The van der Waals surface area contributed by atoms with Crippen LogP contribution in [0, 0.1) is 6.92 Å². The molecule has 0 unspecified atom stereocenters. The second-order valence-electron chi connectivity index (χ2n) is 3.24. The lowest BCUT2D eigenvalue weighted by Gasteiger charge is -2.15. The van der Waals surface area contributed by atoms with Gasteiger partial charge in [0.1, 0.15) is 0 Å². The van der Waals surface area contributed by atoms with Gasteiger partial charge >= 0.3 is 0 Å². The highest BCUT2D eigenvalue weighted by Gasteiger charge is 2.14. The van der Waals surface area contributed by atoms with E-state index in [2.05, 4.69) is 21.4 Å². The molecule has 90 valence electrons. The minimum absolute atomic E-state index is 0.612. The minimum Gasteiger partial charge on any atom is -0.493 e. The van der Waals surface area contributed by atoms with Crippen LogP contribution < -0.4 is 15.0 Å². The molecular weight excluding hydrogens is 274 g/mol. The van der Waals surface area contributed by atoms with Crippen molar-refractivity contribution in [1.82, 2.24) is 5.48 Å². The van der Waals surface area contributed by atoms with Gasteiger partial charge in [-0.2, -0.15) is 5.48 Å². The lowest BCUT2D eigenvalue weighted by molar-refractivity contribution is 0.0865. The summed E-state index contributed by atoms with van der Waals surface area (Å²) in [5, 5.41) is 0. The van der Waals surface area contributed by atoms with Gasteiger partial charge < -0.3 is 14.3 Å². The standard InChI is InChI=1S/C11H16BrNO3/c1-7-8(6-13-16-4)5-9(14-2)11(15-3)10(7)12/h5,13H,6H2,1-4H3. The van der Waals surface area contributed by atoms with E-state index < -0.39 is 0 Å². The largest absolute Gasteiger partial charge is 0.493 e. The third-order valence-corrected chi connectivity index (χ3v) is 3.33. The molecule has 1 aromatic rings. The molecule has 0 fully saturated rings. The Morgan fingerprint density at radius 2 is 1.94 bits per heavy atom. The summed E-state index contributed by atoms with van der Waals surface area (Å²) in [6.45, 7) is 2.63. The van der Waals surface area contributed by atoms with Crippen LogP contribution in [0.1, 0.15) is 11.1 Å². The highest BCUT2D eigenvalue weighted by atomic mass is 79.9. The predicted octanol–water partition coefficient (Wildman–Crippen LogP) is 2.43. The molecule has 16 heavy (non-hydrogen) atoms. The van der Waals surface area contributed by atoms with Crippen molar-refractivity contribution in [3.8, 4) is 11.5 Å². The number of ether oxygens (including phenoxy) is 2. The molecule has 4 nitrogen and oxygen atoms in total. The van der Waals surface area contributed by atoms with Crippen LogP contribution in [0.5, 0.6) is 11.5 Å². The van der Waals surface area contributed by atoms with Crippen molar-refractivity contribution in [2.45, 2.75) is 13.5 Å². The zero-order chi connectivity index (χ0) is 12.1. The Labute approximate surface area is 104 Å². The average Bonchev–Trinajstić information content (AvgIpc) is 2.30. The summed E-state index contributed by atoms with van der Waals surface area (Å²) < 4.78 is 11.5. The first-order chi connectivity index (χ1) is 7.65. The second kappa shape index (κ2) is 6.08. The fourth-order valence-corrected chi connectivity index (χ4v) is 2.04. The summed E-state index contributed by atoms with van der Waals surface area (Å²) in [6, 6.07) is 1.94. The Balaban J connectivity index is 3.16. The molecule has 0 amide bonds. The number of hydrogen-bond donors (Lipinski definition) is 1. The van der Waals surface area contributed by atoms with Crippen LogP contribution >= 0.6 is 15.9 Å². The summed E-state index contributed by atoms with van der Waals surface area (Å²) in [7, 11) is 4.83. The fourth-order valence-electron chi connectivity index (χ4n) is 1.43. The molecule has 0 aliphatic heterocycles. The molecule has 0 radical (unpaired) electrons. The maximum Gasteiger partial charge on any atom is 0.175 e. The van der Waals surface area contributed by atoms with Crippen LogP contribution in [0.25, 0.3) is 0 Å². The molecule has 1 aromatic carbocycles. The third kappa shape index (κ3) is 2.66. The lowest BCUT2D eigenvalue weighted by Crippen LogP contribution is -2.12. The van der Waals surface area contributed by atoms with Crippen molar-refractivity contribution in [3.05, 3.63) is 21.7 Å². The van der Waals surface area contributed by atoms with Crippen LogP contribution in [0.4, 0.5) is 0 Å². The Morgan fingerprint density at radius 1 is 1.25 bits per heavy atom. The zero-order valence-electron chi connectivity index (χ0n) is 9.89. The van der Waals surface area contributed by atoms with E-state index in [0.717, 1.165) is 15.6 Å². The highest BCUT2D eigenvalue weighted by Crippen LogP contribution is 2.39. The summed E-state index contributed by atoms with van der Waals surface area (Å²) in [4.78, 5) is 4.83. The van der Waals surface area contributed by atoms with Gasteiger partial charge in [0.2, 0.25) is 0 Å². The maximum atomic E-state index is 5.28. The zero-order valence-corrected chi connectivity index (χ0v) is 11.5. The maximum absolute atomic E-state index is 5.28. The van der Waals surface area contributed by atoms with Gasteiger partial charge in [-0.15, -0.1) is 0 Å². The van der Waals surface area contributed by atoms with E-state index in [1.54, 1.807) is 21.3 Å². The lowest BCUT2D eigenvalue weighted by atomic mass is 10.1. The summed E-state index contributed by atoms with van der Waals surface area (Å²) >= 11 is 3.50. The van der Waals surface area contributed by atoms with Gasteiger partial charge in [-0.3, -0.25) is 0 Å². The normalized spacial score (nSPS) is 10.3. The van der Waals surface area contributed by atoms with Gasteiger partial charge in [-0.1, -0.05) is 0 Å². The van der Waals surface area contributed by atoms with Gasteiger partial charge in [-0.05, 0) is 40.0 Å². The predicted molar refractivity (Wildman–Crippen MR) is 65.8 cm³/mol. The molecule has 5 heteroatoms. The van der Waals surface area contributed by atoms with E-state index in [9.17, 15) is 0 Å². The Morgan fingerprint density at radius 3 is 2.44 bits per heavy atom. The van der Waals surface area contributed by atoms with Crippen molar-refractivity contribution in [1.29, 1.82) is 0 Å². The number of halogens is 1. The first-order valence-corrected chi connectivity index (χ1v) is 5.60. The van der Waals surface area contributed by atoms with Crippen LogP contribution in [-0.2, 0) is 11.4 Å². The van der Waals surface area contributed by atoms with E-state index in [4.69, 9.17) is 14.3 Å². The van der Waals surface area contributed by atoms with Crippen molar-refractivity contribution in [2.75, 3.05) is 21.3 Å². The minimum atomic E-state index is 0.612. The summed E-state index contributed by atoms with van der Waals surface area (Å²) in [5.74, 6) is 1.41. The fraction of sp³-hybridized carbons (Fsp3) is 0.455. The van der Waals surface area contributed by atoms with Gasteiger partial charge in [0.05, 0.1) is 25.8 Å². The van der Waals surface area contributed by atoms with E-state index in [0.29, 0.717) is 18.0 Å². The first-order valence-electron chi connectivity index (χ1n) is 4.81. The SMILES string of the molecule is CONCc1cc(OC)c(OC)c(Br)c1C. The van der Waals surface area contributed by atoms with Crippen molar-refractivity contribution in [2.24, 2.45) is 0 Å². The monoisotopic (exact) mass is 289 g/mol. The smallest absolute Gasteiger partial charge is 0.175 e. The van der Waals surface area contributed by atoms with Gasteiger partial charge in [0.25, 0.3) is 0 Å². The van der Waals surface area contributed by atoms with E-state index in [1.165, 1.54) is 0 Å². The summed E-state index contributed by atoms with van der Waals surface area (Å²) in [6.07, 6.45) is 0. The number of benzene rings is 1. The number of nitrogens with one attached hydrogen (secondary N) is 1. The molecule has 0 spiro atoms. The van der Waals surface area contributed by atoms with Crippen molar-refractivity contribution >= 4 is 15.9 Å². The van der Waals surface area contributed by atoms with Crippen LogP contribution in [-0.4, -0.2) is 21.3 Å². The Kier molecular flexibility index (Phi) is 5.05. The molecule has 1 N–H and O–H groups in total. The average molecular weight is 290 g/mol. The molecule has 0 aromatic heterocycles. The number of methoxy groups -OCH3 is 2. The number of rotatable bonds is 5. The Hall–Kier alpha value is -0.780. The quantitative estimate of drug-likeness (QED) is 0.845. The summed E-state index contributed by atoms with van der Waals surface area (Å²) in [5.41, 5.74) is 4.99. The Bertz CT molecular complexity index is 369. The molecule has 0 aliphatic carbocycles. The molecule has 0 aliphatic rings. The van der Waals surface area contributed by atoms with E-state index in [-0.39, 0.29) is 0 Å². The van der Waals surface area contributed by atoms with E-state index >= 15 is 0 Å². The molecular formula is C11H16BrNO3. The second-order valence-corrected chi connectivity index (χ2v) is 4.03. The van der Waals surface area contributed by atoms with Gasteiger partial charge in [-0.25, -0.2) is 0 Å².